The highest BCUT2D eigenvalue weighted by Gasteiger charge is 2.26. The first-order chi connectivity index (χ1) is 7.63. The first-order valence-electron chi connectivity index (χ1n) is 5.47. The van der Waals surface area contributed by atoms with E-state index in [4.69, 9.17) is 4.74 Å². The molecule has 0 aromatic carbocycles. The molecule has 0 bridgehead atoms. The molecule has 1 aromatic heterocycles. The van der Waals surface area contributed by atoms with Crippen LogP contribution in [-0.4, -0.2) is 38.1 Å². The van der Waals surface area contributed by atoms with Gasteiger partial charge in [-0.3, -0.25) is 0 Å². The lowest BCUT2D eigenvalue weighted by Gasteiger charge is -2.28. The molecule has 3 nitrogen and oxygen atoms in total. The Bertz CT molecular complexity index is 398. The minimum Gasteiger partial charge on any atom is -0.465 e. The summed E-state index contributed by atoms with van der Waals surface area (Å²) in [4.78, 5) is 15.2. The Hall–Kier alpha value is -0.870. The van der Waals surface area contributed by atoms with Crippen molar-refractivity contribution in [1.82, 2.24) is 4.90 Å². The minimum absolute atomic E-state index is 0.194. The van der Waals surface area contributed by atoms with Crippen molar-refractivity contribution in [1.29, 1.82) is 0 Å². The number of ether oxygens (including phenoxy) is 1. The fraction of sp³-hybridized carbons (Fsp3) is 0.583. The fourth-order valence-electron chi connectivity index (χ4n) is 2.22. The van der Waals surface area contributed by atoms with Crippen LogP contribution >= 0.6 is 11.3 Å². The van der Waals surface area contributed by atoms with Gasteiger partial charge in [-0.25, -0.2) is 4.79 Å². The second-order valence-corrected chi connectivity index (χ2v) is 5.37. The summed E-state index contributed by atoms with van der Waals surface area (Å²) in [5.41, 5.74) is 2.00. The van der Waals surface area contributed by atoms with Crippen LogP contribution in [0, 0.1) is 0 Å². The summed E-state index contributed by atoms with van der Waals surface area (Å²) in [6.45, 7) is 0. The molecule has 16 heavy (non-hydrogen) atoms. The average molecular weight is 239 g/mol. The third-order valence-electron chi connectivity index (χ3n) is 3.26. The summed E-state index contributed by atoms with van der Waals surface area (Å²) < 4.78 is 4.79. The van der Waals surface area contributed by atoms with Crippen LogP contribution in [0.5, 0.6) is 0 Å². The lowest BCUT2D eigenvalue weighted by Crippen LogP contribution is -2.33. The number of hydrogen-bond acceptors (Lipinski definition) is 4. The Morgan fingerprint density at radius 1 is 1.56 bits per heavy atom. The Labute approximate surface area is 100 Å². The van der Waals surface area contributed by atoms with E-state index in [2.05, 4.69) is 19.0 Å². The summed E-state index contributed by atoms with van der Waals surface area (Å²) in [5.74, 6) is -0.194. The number of hydrogen-bond donors (Lipinski definition) is 0. The first kappa shape index (κ1) is 11.6. The van der Waals surface area contributed by atoms with E-state index in [9.17, 15) is 4.79 Å². The zero-order valence-corrected chi connectivity index (χ0v) is 10.8. The predicted molar refractivity (Wildman–Crippen MR) is 65.2 cm³/mol. The smallest absolute Gasteiger partial charge is 0.338 e. The van der Waals surface area contributed by atoms with Gasteiger partial charge in [-0.2, -0.15) is 0 Å². The lowest BCUT2D eigenvalue weighted by molar-refractivity contribution is 0.0599. The largest absolute Gasteiger partial charge is 0.465 e. The van der Waals surface area contributed by atoms with Crippen molar-refractivity contribution < 1.29 is 9.53 Å². The van der Waals surface area contributed by atoms with Gasteiger partial charge >= 0.3 is 5.97 Å². The summed E-state index contributed by atoms with van der Waals surface area (Å²) >= 11 is 1.69. The van der Waals surface area contributed by atoms with Crippen LogP contribution in [0.25, 0.3) is 0 Å². The van der Waals surface area contributed by atoms with Gasteiger partial charge in [0.1, 0.15) is 0 Å². The molecule has 1 unspecified atom stereocenters. The van der Waals surface area contributed by atoms with Crippen molar-refractivity contribution in [3.8, 4) is 0 Å². The van der Waals surface area contributed by atoms with Gasteiger partial charge in [0.05, 0.1) is 12.7 Å². The molecular formula is C12H17NO2S. The lowest BCUT2D eigenvalue weighted by atomic mass is 9.91. The second-order valence-electron chi connectivity index (χ2n) is 4.40. The second kappa shape index (κ2) is 4.55. The molecule has 1 atom stereocenters. The number of likely N-dealkylation sites (N-methyl/N-ethyl adjacent to an activating group) is 1. The van der Waals surface area contributed by atoms with E-state index in [1.54, 1.807) is 11.3 Å². The van der Waals surface area contributed by atoms with E-state index in [0.29, 0.717) is 6.04 Å². The van der Waals surface area contributed by atoms with Gasteiger partial charge in [-0.1, -0.05) is 0 Å². The molecule has 4 heteroatoms. The Morgan fingerprint density at radius 3 is 2.94 bits per heavy atom. The molecule has 0 N–H and O–H groups in total. The highest BCUT2D eigenvalue weighted by Crippen LogP contribution is 2.31. The van der Waals surface area contributed by atoms with Gasteiger partial charge in [0, 0.05) is 16.3 Å². The maximum absolute atomic E-state index is 11.5. The van der Waals surface area contributed by atoms with Gasteiger partial charge in [0.25, 0.3) is 0 Å². The molecule has 1 heterocycles. The highest BCUT2D eigenvalue weighted by molar-refractivity contribution is 7.10. The number of fused-ring (bicyclic) bond motifs is 1. The van der Waals surface area contributed by atoms with Crippen LogP contribution in [-0.2, 0) is 17.6 Å². The molecule has 0 saturated carbocycles. The van der Waals surface area contributed by atoms with E-state index in [1.165, 1.54) is 17.6 Å². The van der Waals surface area contributed by atoms with E-state index >= 15 is 0 Å². The van der Waals surface area contributed by atoms with E-state index in [-0.39, 0.29) is 5.97 Å². The molecule has 1 aromatic rings. The van der Waals surface area contributed by atoms with Crippen LogP contribution in [0.15, 0.2) is 5.38 Å². The molecule has 0 saturated heterocycles. The van der Waals surface area contributed by atoms with Gasteiger partial charge in [-0.15, -0.1) is 11.3 Å². The Balaban J connectivity index is 2.23. The maximum Gasteiger partial charge on any atom is 0.338 e. The van der Waals surface area contributed by atoms with E-state index < -0.39 is 0 Å². The SMILES string of the molecule is COC(=O)c1csc2c1CCC(N(C)C)C2. The molecule has 0 amide bonds. The molecule has 0 aliphatic heterocycles. The number of methoxy groups -OCH3 is 1. The molecule has 0 spiro atoms. The van der Waals surface area contributed by atoms with Crippen molar-refractivity contribution in [3.63, 3.8) is 0 Å². The Kier molecular flexibility index (Phi) is 3.30. The van der Waals surface area contributed by atoms with Crippen molar-refractivity contribution in [2.24, 2.45) is 0 Å². The zero-order chi connectivity index (χ0) is 11.7. The number of esters is 1. The van der Waals surface area contributed by atoms with Crippen molar-refractivity contribution in [2.45, 2.75) is 25.3 Å². The van der Waals surface area contributed by atoms with Crippen molar-refractivity contribution in [3.05, 3.63) is 21.4 Å². The van der Waals surface area contributed by atoms with Crippen LogP contribution in [0.4, 0.5) is 0 Å². The van der Waals surface area contributed by atoms with Crippen molar-refractivity contribution in [2.75, 3.05) is 21.2 Å². The number of carbonyl (C=O) groups is 1. The topological polar surface area (TPSA) is 29.5 Å². The molecule has 0 fully saturated rings. The van der Waals surface area contributed by atoms with Crippen molar-refractivity contribution >= 4 is 17.3 Å². The average Bonchev–Trinajstić information content (AvgIpc) is 2.70. The standard InChI is InChI=1S/C12H17NO2S/c1-13(2)8-4-5-9-10(12(14)15-3)7-16-11(9)6-8/h7-8H,4-6H2,1-3H3. The number of thiophene rings is 1. The minimum atomic E-state index is -0.194. The molecule has 1 aliphatic rings. The van der Waals surface area contributed by atoms with Gasteiger partial charge < -0.3 is 9.64 Å². The summed E-state index contributed by atoms with van der Waals surface area (Å²) in [7, 11) is 5.67. The molecule has 0 radical (unpaired) electrons. The number of rotatable bonds is 2. The van der Waals surface area contributed by atoms with Crippen LogP contribution in [0.2, 0.25) is 0 Å². The fourth-order valence-corrected chi connectivity index (χ4v) is 3.36. The third kappa shape index (κ3) is 1.99. The zero-order valence-electron chi connectivity index (χ0n) is 9.95. The van der Waals surface area contributed by atoms with E-state index in [1.807, 2.05) is 5.38 Å². The number of nitrogens with zero attached hydrogens (tertiary/aromatic N) is 1. The monoisotopic (exact) mass is 239 g/mol. The number of carbonyl (C=O) groups excluding carboxylic acids is 1. The summed E-state index contributed by atoms with van der Waals surface area (Å²) in [6, 6.07) is 0.608. The molecule has 88 valence electrons. The van der Waals surface area contributed by atoms with Gasteiger partial charge in [0.15, 0.2) is 0 Å². The van der Waals surface area contributed by atoms with E-state index in [0.717, 1.165) is 24.8 Å². The first-order valence-corrected chi connectivity index (χ1v) is 6.35. The van der Waals surface area contributed by atoms with Crippen LogP contribution < -0.4 is 0 Å². The molecular weight excluding hydrogens is 222 g/mol. The van der Waals surface area contributed by atoms with Crippen LogP contribution in [0.1, 0.15) is 27.2 Å². The highest BCUT2D eigenvalue weighted by atomic mass is 32.1. The Morgan fingerprint density at radius 2 is 2.31 bits per heavy atom. The molecule has 1 aliphatic carbocycles. The maximum atomic E-state index is 11.5. The quantitative estimate of drug-likeness (QED) is 0.739. The van der Waals surface area contributed by atoms with Crippen LogP contribution in [0.3, 0.4) is 0 Å². The van der Waals surface area contributed by atoms with Gasteiger partial charge in [-0.05, 0) is 38.9 Å². The summed E-state index contributed by atoms with van der Waals surface area (Å²) in [5, 5.41) is 1.94. The third-order valence-corrected chi connectivity index (χ3v) is 4.32. The normalized spacial score (nSPS) is 19.6. The van der Waals surface area contributed by atoms with Gasteiger partial charge in [0.2, 0.25) is 0 Å². The molecule has 2 rings (SSSR count). The predicted octanol–water partition coefficient (Wildman–Crippen LogP) is 1.95. The summed E-state index contributed by atoms with van der Waals surface area (Å²) in [6.07, 6.45) is 3.18.